The van der Waals surface area contributed by atoms with E-state index in [-0.39, 0.29) is 5.82 Å². The Morgan fingerprint density at radius 3 is 2.83 bits per heavy atom. The number of rotatable bonds is 2. The number of nitrogens with one attached hydrogen (secondary N) is 2. The van der Waals surface area contributed by atoms with Gasteiger partial charge in [0.05, 0.1) is 11.8 Å². The molecule has 1 aromatic carbocycles. The third kappa shape index (κ3) is 1.77. The van der Waals surface area contributed by atoms with Gasteiger partial charge in [0.2, 0.25) is 0 Å². The second kappa shape index (κ2) is 3.65. The third-order valence-electron chi connectivity index (χ3n) is 2.51. The molecule has 0 bridgehead atoms. The molecule has 0 aliphatic heterocycles. The summed E-state index contributed by atoms with van der Waals surface area (Å²) in [5, 5.41) is 5.80. The van der Waals surface area contributed by atoms with Crippen LogP contribution < -0.4 is 9.86 Å². The van der Waals surface area contributed by atoms with Crippen LogP contribution in [0, 0.1) is 0 Å². The van der Waals surface area contributed by atoms with Gasteiger partial charge < -0.3 is 4.98 Å². The second-order valence-corrected chi connectivity index (χ2v) is 5.04. The van der Waals surface area contributed by atoms with Gasteiger partial charge in [0, 0.05) is 5.39 Å². The highest BCUT2D eigenvalue weighted by atomic mass is 32.2. The highest BCUT2D eigenvalue weighted by Gasteiger charge is 2.13. The third-order valence-corrected chi connectivity index (χ3v) is 2.98. The molecule has 0 atom stereocenters. The largest absolute Gasteiger partial charge is 0.342 e. The molecule has 2 aromatic heterocycles. The Morgan fingerprint density at radius 1 is 1.28 bits per heavy atom. The molecule has 7 nitrogen and oxygen atoms in total. The Labute approximate surface area is 102 Å². The van der Waals surface area contributed by atoms with Gasteiger partial charge in [0.15, 0.2) is 5.82 Å². The number of H-pyrrole nitrogens is 1. The zero-order valence-corrected chi connectivity index (χ0v) is 9.90. The normalized spacial score (nSPS) is 12.1. The van der Waals surface area contributed by atoms with E-state index in [1.807, 2.05) is 18.2 Å². The lowest BCUT2D eigenvalue weighted by molar-refractivity contribution is 0.603. The van der Waals surface area contributed by atoms with E-state index in [1.54, 1.807) is 6.07 Å². The first-order valence-corrected chi connectivity index (χ1v) is 6.61. The minimum absolute atomic E-state index is 0.142. The van der Waals surface area contributed by atoms with Gasteiger partial charge in [-0.3, -0.25) is 4.72 Å². The minimum atomic E-state index is -3.88. The summed E-state index contributed by atoms with van der Waals surface area (Å²) in [6.45, 7) is 0. The second-order valence-electron chi connectivity index (χ2n) is 3.75. The number of nitrogens with zero attached hydrogens (tertiary/aromatic N) is 2. The summed E-state index contributed by atoms with van der Waals surface area (Å²) in [4.78, 5) is 11.2. The van der Waals surface area contributed by atoms with Gasteiger partial charge in [-0.25, -0.2) is 15.1 Å². The van der Waals surface area contributed by atoms with Crippen LogP contribution in [0.15, 0.2) is 30.6 Å². The van der Waals surface area contributed by atoms with Crippen LogP contribution in [0.5, 0.6) is 0 Å². The average molecular weight is 263 g/mol. The standard InChI is InChI=1S/C10H9N5O2S/c11-18(16,17)15-10-9-8(12-5-13-9)6-3-1-2-4-7(6)14-10/h1-5H,(H,12,13)(H,14,15)(H2,11,16,17). The molecule has 4 N–H and O–H groups in total. The van der Waals surface area contributed by atoms with Crippen LogP contribution in [0.4, 0.5) is 5.82 Å². The van der Waals surface area contributed by atoms with E-state index in [0.29, 0.717) is 16.6 Å². The molecule has 0 amide bonds. The monoisotopic (exact) mass is 263 g/mol. The predicted molar refractivity (Wildman–Crippen MR) is 68.1 cm³/mol. The number of nitrogens with two attached hydrogens (primary N) is 1. The maximum Gasteiger partial charge on any atom is 0.297 e. The number of anilines is 1. The average Bonchev–Trinajstić information content (AvgIpc) is 2.76. The molecule has 8 heteroatoms. The van der Waals surface area contributed by atoms with Gasteiger partial charge in [-0.2, -0.15) is 8.42 Å². The van der Waals surface area contributed by atoms with E-state index in [9.17, 15) is 8.42 Å². The molecule has 0 spiro atoms. The fraction of sp³-hybridized carbons (Fsp3) is 0. The summed E-state index contributed by atoms with van der Waals surface area (Å²) in [5.41, 5.74) is 1.79. The number of pyridine rings is 1. The maximum absolute atomic E-state index is 11.1. The molecule has 0 aliphatic carbocycles. The van der Waals surface area contributed by atoms with E-state index < -0.39 is 10.2 Å². The van der Waals surface area contributed by atoms with Crippen molar-refractivity contribution in [2.75, 3.05) is 4.72 Å². The topological polar surface area (TPSA) is 114 Å². The lowest BCUT2D eigenvalue weighted by Gasteiger charge is -2.06. The van der Waals surface area contributed by atoms with Crippen LogP contribution in [0.25, 0.3) is 21.9 Å². The molecule has 0 unspecified atom stereocenters. The molecule has 3 aromatic rings. The van der Waals surface area contributed by atoms with Gasteiger partial charge in [-0.15, -0.1) is 0 Å². The zero-order valence-electron chi connectivity index (χ0n) is 9.08. The maximum atomic E-state index is 11.1. The number of aromatic nitrogens is 3. The summed E-state index contributed by atoms with van der Waals surface area (Å²) in [5.74, 6) is 0.142. The van der Waals surface area contributed by atoms with Crippen LogP contribution >= 0.6 is 0 Å². The quantitative estimate of drug-likeness (QED) is 0.632. The number of hydrogen-bond donors (Lipinski definition) is 3. The van der Waals surface area contributed by atoms with Crippen LogP contribution in [-0.4, -0.2) is 23.4 Å². The molecule has 3 rings (SSSR count). The summed E-state index contributed by atoms with van der Waals surface area (Å²) in [6, 6.07) is 7.32. The number of fused-ring (bicyclic) bond motifs is 3. The molecule has 0 aliphatic rings. The van der Waals surface area contributed by atoms with Gasteiger partial charge in [-0.05, 0) is 6.07 Å². The molecule has 0 radical (unpaired) electrons. The number of hydrogen-bond acceptors (Lipinski definition) is 4. The van der Waals surface area contributed by atoms with Crippen molar-refractivity contribution in [1.29, 1.82) is 0 Å². The van der Waals surface area contributed by atoms with Crippen LogP contribution in [0.1, 0.15) is 0 Å². The molecule has 0 fully saturated rings. The first-order chi connectivity index (χ1) is 8.54. The van der Waals surface area contributed by atoms with E-state index >= 15 is 0 Å². The van der Waals surface area contributed by atoms with Crippen molar-refractivity contribution in [1.82, 2.24) is 15.0 Å². The molecular weight excluding hydrogens is 254 g/mol. The number of para-hydroxylation sites is 1. The van der Waals surface area contributed by atoms with E-state index in [4.69, 9.17) is 5.14 Å². The van der Waals surface area contributed by atoms with Crippen molar-refractivity contribution in [2.45, 2.75) is 0 Å². The summed E-state index contributed by atoms with van der Waals surface area (Å²) < 4.78 is 24.4. The molecule has 18 heavy (non-hydrogen) atoms. The highest BCUT2D eigenvalue weighted by Crippen LogP contribution is 2.26. The summed E-state index contributed by atoms with van der Waals surface area (Å²) in [6.07, 6.45) is 1.48. The van der Waals surface area contributed by atoms with Crippen molar-refractivity contribution < 1.29 is 8.42 Å². The molecule has 2 heterocycles. The van der Waals surface area contributed by atoms with Crippen LogP contribution in [-0.2, 0) is 10.2 Å². The fourth-order valence-electron chi connectivity index (χ4n) is 1.84. The van der Waals surface area contributed by atoms with Crippen molar-refractivity contribution in [3.05, 3.63) is 30.6 Å². The lowest BCUT2D eigenvalue weighted by atomic mass is 10.2. The van der Waals surface area contributed by atoms with Gasteiger partial charge in [-0.1, -0.05) is 18.2 Å². The summed E-state index contributed by atoms with van der Waals surface area (Å²) in [7, 11) is -3.88. The van der Waals surface area contributed by atoms with Crippen molar-refractivity contribution in [3.8, 4) is 0 Å². The van der Waals surface area contributed by atoms with Crippen LogP contribution in [0.3, 0.4) is 0 Å². The SMILES string of the molecule is NS(=O)(=O)Nc1nc2ccccc2c2nc[nH]c12. The molecule has 0 saturated carbocycles. The van der Waals surface area contributed by atoms with Crippen LogP contribution in [0.2, 0.25) is 0 Å². The Kier molecular flexibility index (Phi) is 2.22. The predicted octanol–water partition coefficient (Wildman–Crippen LogP) is 0.726. The fourth-order valence-corrected chi connectivity index (χ4v) is 2.25. The van der Waals surface area contributed by atoms with E-state index in [1.165, 1.54) is 6.33 Å². The van der Waals surface area contributed by atoms with Crippen molar-refractivity contribution in [2.24, 2.45) is 5.14 Å². The molecular formula is C10H9N5O2S. The lowest BCUT2D eigenvalue weighted by Crippen LogP contribution is -2.22. The first kappa shape index (κ1) is 10.9. The van der Waals surface area contributed by atoms with Gasteiger partial charge >= 0.3 is 0 Å². The summed E-state index contributed by atoms with van der Waals surface area (Å²) >= 11 is 0. The molecule has 92 valence electrons. The van der Waals surface area contributed by atoms with E-state index in [0.717, 1.165) is 5.39 Å². The number of aromatic amines is 1. The minimum Gasteiger partial charge on any atom is -0.342 e. The number of benzene rings is 1. The van der Waals surface area contributed by atoms with Crippen molar-refractivity contribution >= 4 is 38.0 Å². The first-order valence-electron chi connectivity index (χ1n) is 5.07. The van der Waals surface area contributed by atoms with Gasteiger partial charge in [0.25, 0.3) is 10.2 Å². The van der Waals surface area contributed by atoms with E-state index in [2.05, 4.69) is 19.7 Å². The highest BCUT2D eigenvalue weighted by molar-refractivity contribution is 7.90. The Bertz CT molecular complexity index is 840. The Hall–Kier alpha value is -2.19. The Balaban J connectivity index is 2.39. The van der Waals surface area contributed by atoms with Crippen molar-refractivity contribution in [3.63, 3.8) is 0 Å². The smallest absolute Gasteiger partial charge is 0.297 e. The Morgan fingerprint density at radius 2 is 2.06 bits per heavy atom. The van der Waals surface area contributed by atoms with Gasteiger partial charge in [0.1, 0.15) is 11.0 Å². The molecule has 0 saturated heterocycles. The number of imidazole rings is 1. The zero-order chi connectivity index (χ0) is 12.8.